The Bertz CT molecular complexity index is 972. The van der Waals surface area contributed by atoms with Crippen LogP contribution in [0, 0.1) is 10.1 Å². The van der Waals surface area contributed by atoms with Gasteiger partial charge in [0.15, 0.2) is 0 Å². The molecule has 0 aromatic heterocycles. The molecule has 0 aliphatic carbocycles. The van der Waals surface area contributed by atoms with Crippen molar-refractivity contribution < 1.29 is 18.1 Å². The Hall–Kier alpha value is -3.14. The van der Waals surface area contributed by atoms with Crippen molar-refractivity contribution in [2.45, 2.75) is 31.6 Å². The predicted octanol–water partition coefficient (Wildman–Crippen LogP) is 3.99. The number of anilines is 2. The van der Waals surface area contributed by atoms with Crippen molar-refractivity contribution in [3.8, 4) is 5.75 Å². The van der Waals surface area contributed by atoms with E-state index < -0.39 is 14.9 Å². The molecule has 2 N–H and O–H groups in total. The van der Waals surface area contributed by atoms with Gasteiger partial charge in [-0.15, -0.1) is 0 Å². The summed E-state index contributed by atoms with van der Waals surface area (Å²) in [4.78, 5) is 10.5. The molecule has 2 aromatic rings. The molecule has 0 radical (unpaired) electrons. The largest absolute Gasteiger partial charge is 0.497 e. The fraction of sp³-hybridized carbons (Fsp3) is 0.278. The van der Waals surface area contributed by atoms with Crippen LogP contribution in [0.1, 0.15) is 26.7 Å². The molecular weight excluding hydrogens is 384 g/mol. The molecule has 9 nitrogen and oxygen atoms in total. The van der Waals surface area contributed by atoms with Gasteiger partial charge < -0.3 is 4.74 Å². The van der Waals surface area contributed by atoms with Crippen LogP contribution in [-0.4, -0.2) is 26.2 Å². The first-order valence-corrected chi connectivity index (χ1v) is 9.99. The lowest BCUT2D eigenvalue weighted by atomic mass is 10.2. The number of nitro groups is 1. The molecule has 0 heterocycles. The van der Waals surface area contributed by atoms with Crippen molar-refractivity contribution in [3.05, 3.63) is 52.6 Å². The fourth-order valence-electron chi connectivity index (χ4n) is 2.37. The quantitative estimate of drug-likeness (QED) is 0.369. The molecule has 2 rings (SSSR count). The first kappa shape index (κ1) is 21.2. The second-order valence-electron chi connectivity index (χ2n) is 5.98. The van der Waals surface area contributed by atoms with Gasteiger partial charge in [0.05, 0.1) is 16.9 Å². The average molecular weight is 406 g/mol. The lowest BCUT2D eigenvalue weighted by Gasteiger charge is -2.10. The Morgan fingerprint density at radius 3 is 2.46 bits per heavy atom. The number of benzene rings is 2. The molecule has 0 atom stereocenters. The zero-order chi connectivity index (χ0) is 20.7. The minimum Gasteiger partial charge on any atom is -0.497 e. The van der Waals surface area contributed by atoms with Gasteiger partial charge in [0.2, 0.25) is 0 Å². The third-order valence-corrected chi connectivity index (χ3v) is 5.18. The van der Waals surface area contributed by atoms with Crippen molar-refractivity contribution in [2.75, 3.05) is 17.3 Å². The van der Waals surface area contributed by atoms with Crippen molar-refractivity contribution in [1.29, 1.82) is 0 Å². The molecule has 150 valence electrons. The van der Waals surface area contributed by atoms with E-state index in [1.807, 2.05) is 6.92 Å². The second-order valence-corrected chi connectivity index (χ2v) is 7.66. The van der Waals surface area contributed by atoms with E-state index in [1.54, 1.807) is 19.1 Å². The molecule has 0 amide bonds. The summed E-state index contributed by atoms with van der Waals surface area (Å²) >= 11 is 0. The van der Waals surface area contributed by atoms with Crippen LogP contribution in [-0.2, 0) is 10.0 Å². The molecule has 0 aliphatic rings. The fourth-order valence-corrected chi connectivity index (χ4v) is 3.45. The molecule has 0 saturated heterocycles. The summed E-state index contributed by atoms with van der Waals surface area (Å²) in [5.41, 5.74) is 3.47. The number of hydrazone groups is 1. The molecule has 2 aromatic carbocycles. The summed E-state index contributed by atoms with van der Waals surface area (Å²) in [6.07, 6.45) is 1.65. The highest BCUT2D eigenvalue weighted by Crippen LogP contribution is 2.29. The van der Waals surface area contributed by atoms with E-state index in [4.69, 9.17) is 4.74 Å². The smallest absolute Gasteiger partial charge is 0.295 e. The van der Waals surface area contributed by atoms with Crippen molar-refractivity contribution in [1.82, 2.24) is 0 Å². The maximum Gasteiger partial charge on any atom is 0.295 e. The van der Waals surface area contributed by atoms with Gasteiger partial charge in [-0.05, 0) is 49.7 Å². The Labute approximate surface area is 163 Å². The summed E-state index contributed by atoms with van der Waals surface area (Å²) in [5.74, 6) is 0.577. The van der Waals surface area contributed by atoms with Crippen LogP contribution in [0.4, 0.5) is 17.1 Å². The number of nitrogens with one attached hydrogen (secondary N) is 2. The van der Waals surface area contributed by atoms with Gasteiger partial charge in [-0.1, -0.05) is 13.3 Å². The SMILES string of the molecule is CCC/C(C)=N\Nc1ccc(S(=O)(=O)Nc2ccc(OC)cc2)cc1[N+](=O)[O-]. The summed E-state index contributed by atoms with van der Waals surface area (Å²) in [6, 6.07) is 9.87. The minimum atomic E-state index is -4.00. The lowest BCUT2D eigenvalue weighted by molar-refractivity contribution is -0.384. The first-order chi connectivity index (χ1) is 13.3. The number of methoxy groups -OCH3 is 1. The van der Waals surface area contributed by atoms with E-state index in [9.17, 15) is 18.5 Å². The summed E-state index contributed by atoms with van der Waals surface area (Å²) in [6.45, 7) is 3.80. The van der Waals surface area contributed by atoms with E-state index in [-0.39, 0.29) is 16.3 Å². The van der Waals surface area contributed by atoms with Crippen LogP contribution < -0.4 is 14.9 Å². The molecule has 28 heavy (non-hydrogen) atoms. The number of ether oxygens (including phenoxy) is 1. The van der Waals surface area contributed by atoms with E-state index in [0.717, 1.165) is 24.6 Å². The number of hydrogen-bond donors (Lipinski definition) is 2. The van der Waals surface area contributed by atoms with Crippen LogP contribution in [0.25, 0.3) is 0 Å². The molecule has 0 bridgehead atoms. The van der Waals surface area contributed by atoms with Gasteiger partial charge in [-0.3, -0.25) is 20.3 Å². The van der Waals surface area contributed by atoms with E-state index in [1.165, 1.54) is 31.4 Å². The molecular formula is C18H22N4O5S. The molecule has 0 unspecified atom stereocenters. The van der Waals surface area contributed by atoms with Crippen molar-refractivity contribution >= 4 is 32.8 Å². The average Bonchev–Trinajstić information content (AvgIpc) is 2.66. The zero-order valence-electron chi connectivity index (χ0n) is 15.8. The Kier molecular flexibility index (Phi) is 6.94. The van der Waals surface area contributed by atoms with E-state index in [2.05, 4.69) is 15.2 Å². The third-order valence-electron chi connectivity index (χ3n) is 3.80. The van der Waals surface area contributed by atoms with Crippen LogP contribution in [0.15, 0.2) is 52.5 Å². The van der Waals surface area contributed by atoms with Crippen LogP contribution >= 0.6 is 0 Å². The Morgan fingerprint density at radius 1 is 1.21 bits per heavy atom. The highest BCUT2D eigenvalue weighted by molar-refractivity contribution is 7.92. The number of hydrogen-bond acceptors (Lipinski definition) is 7. The van der Waals surface area contributed by atoms with Crippen LogP contribution in [0.3, 0.4) is 0 Å². The second kappa shape index (κ2) is 9.18. The predicted molar refractivity (Wildman–Crippen MR) is 109 cm³/mol. The van der Waals surface area contributed by atoms with E-state index >= 15 is 0 Å². The molecule has 0 saturated carbocycles. The van der Waals surface area contributed by atoms with Crippen molar-refractivity contribution in [3.63, 3.8) is 0 Å². The van der Waals surface area contributed by atoms with Gasteiger partial charge in [0, 0.05) is 17.5 Å². The zero-order valence-corrected chi connectivity index (χ0v) is 16.6. The lowest BCUT2D eigenvalue weighted by Crippen LogP contribution is -2.13. The Balaban J connectivity index is 2.30. The van der Waals surface area contributed by atoms with Gasteiger partial charge >= 0.3 is 0 Å². The van der Waals surface area contributed by atoms with E-state index in [0.29, 0.717) is 11.4 Å². The molecule has 0 aliphatic heterocycles. The highest BCUT2D eigenvalue weighted by Gasteiger charge is 2.21. The Morgan fingerprint density at radius 2 is 1.89 bits per heavy atom. The third kappa shape index (κ3) is 5.43. The number of rotatable bonds is 9. The maximum atomic E-state index is 12.6. The first-order valence-electron chi connectivity index (χ1n) is 8.51. The standard InChI is InChI=1S/C18H22N4O5S/c1-4-5-13(2)19-20-17-11-10-16(12-18(17)22(23)24)28(25,26)21-14-6-8-15(27-3)9-7-14/h6-12,20-21H,4-5H2,1-3H3/b19-13-. The maximum absolute atomic E-state index is 12.6. The monoisotopic (exact) mass is 406 g/mol. The van der Waals surface area contributed by atoms with Crippen LogP contribution in [0.2, 0.25) is 0 Å². The van der Waals surface area contributed by atoms with Gasteiger partial charge in [-0.25, -0.2) is 8.42 Å². The molecule has 10 heteroatoms. The number of nitro benzene ring substituents is 1. The highest BCUT2D eigenvalue weighted by atomic mass is 32.2. The van der Waals surface area contributed by atoms with Gasteiger partial charge in [0.1, 0.15) is 11.4 Å². The summed E-state index contributed by atoms with van der Waals surface area (Å²) < 4.78 is 32.6. The number of nitrogens with zero attached hydrogens (tertiary/aromatic N) is 2. The number of sulfonamides is 1. The minimum absolute atomic E-state index is 0.115. The van der Waals surface area contributed by atoms with Crippen molar-refractivity contribution in [2.24, 2.45) is 5.10 Å². The summed E-state index contributed by atoms with van der Waals surface area (Å²) in [5, 5.41) is 15.5. The molecule has 0 spiro atoms. The van der Waals surface area contributed by atoms with Gasteiger partial charge in [-0.2, -0.15) is 5.10 Å². The van der Waals surface area contributed by atoms with Crippen LogP contribution in [0.5, 0.6) is 5.75 Å². The topological polar surface area (TPSA) is 123 Å². The van der Waals surface area contributed by atoms with Gasteiger partial charge in [0.25, 0.3) is 15.7 Å². The summed E-state index contributed by atoms with van der Waals surface area (Å²) in [7, 11) is -2.50. The molecule has 0 fully saturated rings. The normalized spacial score (nSPS) is 11.8.